The van der Waals surface area contributed by atoms with E-state index in [1.807, 2.05) is 0 Å². The number of carbonyl (C=O) groups excluding carboxylic acids is 1. The normalized spacial score (nSPS) is 10.3. The number of benzene rings is 2. The molecule has 2 rings (SSSR count). The van der Waals surface area contributed by atoms with Crippen LogP contribution >= 0.6 is 11.6 Å². The lowest BCUT2D eigenvalue weighted by Crippen LogP contribution is -2.30. The van der Waals surface area contributed by atoms with Crippen molar-refractivity contribution in [2.45, 2.75) is 6.92 Å². The van der Waals surface area contributed by atoms with E-state index in [0.717, 1.165) is 6.07 Å². The van der Waals surface area contributed by atoms with Gasteiger partial charge in [-0.05, 0) is 37.3 Å². The fourth-order valence-electron chi connectivity index (χ4n) is 1.91. The highest BCUT2D eigenvalue weighted by Gasteiger charge is 2.19. The second kappa shape index (κ2) is 5.92. The minimum atomic E-state index is -0.494. The average Bonchev–Trinajstić information content (AvgIpc) is 2.39. The van der Waals surface area contributed by atoms with Crippen LogP contribution in [0.1, 0.15) is 17.3 Å². The number of hydrogen-bond donors (Lipinski definition) is 1. The number of halogens is 2. The monoisotopic (exact) mass is 293 g/mol. The van der Waals surface area contributed by atoms with Gasteiger partial charge in [-0.25, -0.2) is 4.39 Å². The number of aromatic hydroxyl groups is 1. The van der Waals surface area contributed by atoms with Crippen molar-refractivity contribution in [3.8, 4) is 5.75 Å². The molecule has 0 saturated carbocycles. The number of phenolic OH excluding ortho intramolecular Hbond substituents is 1. The molecule has 0 unspecified atom stereocenters. The van der Waals surface area contributed by atoms with Gasteiger partial charge in [0.15, 0.2) is 0 Å². The first-order chi connectivity index (χ1) is 9.52. The fourth-order valence-corrected chi connectivity index (χ4v) is 2.16. The van der Waals surface area contributed by atoms with Crippen LogP contribution in [0.5, 0.6) is 5.75 Å². The van der Waals surface area contributed by atoms with Crippen LogP contribution in [0.15, 0.2) is 42.5 Å². The number of amides is 1. The molecule has 0 aliphatic rings. The van der Waals surface area contributed by atoms with Gasteiger partial charge in [0.05, 0.1) is 10.6 Å². The lowest BCUT2D eigenvalue weighted by atomic mass is 10.1. The first-order valence-electron chi connectivity index (χ1n) is 6.09. The summed E-state index contributed by atoms with van der Waals surface area (Å²) < 4.78 is 13.0. The predicted molar refractivity (Wildman–Crippen MR) is 76.9 cm³/mol. The summed E-state index contributed by atoms with van der Waals surface area (Å²) >= 11 is 5.91. The quantitative estimate of drug-likeness (QED) is 0.934. The topological polar surface area (TPSA) is 40.5 Å². The van der Waals surface area contributed by atoms with Gasteiger partial charge < -0.3 is 10.0 Å². The molecule has 0 bridgehead atoms. The van der Waals surface area contributed by atoms with Gasteiger partial charge in [0.2, 0.25) is 0 Å². The molecule has 20 heavy (non-hydrogen) atoms. The highest BCUT2D eigenvalue weighted by molar-refractivity contribution is 6.34. The van der Waals surface area contributed by atoms with Crippen LogP contribution in [0.3, 0.4) is 0 Å². The van der Waals surface area contributed by atoms with Gasteiger partial charge in [-0.2, -0.15) is 0 Å². The number of nitrogens with zero attached hydrogens (tertiary/aromatic N) is 1. The smallest absolute Gasteiger partial charge is 0.259 e. The Kier molecular flexibility index (Phi) is 4.25. The molecule has 0 saturated heterocycles. The molecule has 3 nitrogen and oxygen atoms in total. The summed E-state index contributed by atoms with van der Waals surface area (Å²) in [7, 11) is 0. The Bertz CT molecular complexity index is 646. The molecule has 0 atom stereocenters. The molecule has 2 aromatic rings. The average molecular weight is 294 g/mol. The van der Waals surface area contributed by atoms with Crippen LogP contribution in [0.4, 0.5) is 10.1 Å². The molecule has 5 heteroatoms. The first-order valence-corrected chi connectivity index (χ1v) is 6.46. The van der Waals surface area contributed by atoms with Crippen LogP contribution in [0.25, 0.3) is 0 Å². The summed E-state index contributed by atoms with van der Waals surface area (Å²) in [5.41, 5.74) is 0.774. The zero-order valence-electron chi connectivity index (χ0n) is 10.8. The third-order valence-electron chi connectivity index (χ3n) is 2.86. The largest absolute Gasteiger partial charge is 0.508 e. The molecule has 0 heterocycles. The van der Waals surface area contributed by atoms with Crippen LogP contribution in [-0.4, -0.2) is 17.6 Å². The number of carbonyl (C=O) groups is 1. The van der Waals surface area contributed by atoms with E-state index < -0.39 is 5.82 Å². The minimum absolute atomic E-state index is 0.0635. The van der Waals surface area contributed by atoms with E-state index >= 15 is 0 Å². The van der Waals surface area contributed by atoms with Crippen molar-refractivity contribution in [2.75, 3.05) is 11.4 Å². The van der Waals surface area contributed by atoms with Crippen LogP contribution in [-0.2, 0) is 0 Å². The number of rotatable bonds is 3. The Morgan fingerprint density at radius 2 is 2.05 bits per heavy atom. The van der Waals surface area contributed by atoms with Crippen molar-refractivity contribution in [3.63, 3.8) is 0 Å². The summed E-state index contributed by atoms with van der Waals surface area (Å²) in [5, 5.41) is 9.55. The Hall–Kier alpha value is -2.07. The van der Waals surface area contributed by atoms with Crippen molar-refractivity contribution >= 4 is 23.2 Å². The van der Waals surface area contributed by atoms with Crippen molar-refractivity contribution < 1.29 is 14.3 Å². The van der Waals surface area contributed by atoms with E-state index in [2.05, 4.69) is 0 Å². The molecule has 0 radical (unpaired) electrons. The molecular weight excluding hydrogens is 281 g/mol. The zero-order chi connectivity index (χ0) is 14.7. The Balaban J connectivity index is 2.39. The van der Waals surface area contributed by atoms with Crippen molar-refractivity contribution in [2.24, 2.45) is 0 Å². The van der Waals surface area contributed by atoms with Crippen LogP contribution < -0.4 is 4.90 Å². The summed E-state index contributed by atoms with van der Waals surface area (Å²) in [6.45, 7) is 2.20. The molecule has 1 amide bonds. The van der Waals surface area contributed by atoms with Gasteiger partial charge in [0.1, 0.15) is 11.6 Å². The Labute approximate surface area is 121 Å². The van der Waals surface area contributed by atoms with Gasteiger partial charge >= 0.3 is 0 Å². The molecular formula is C15H13ClFNO2. The molecule has 0 aliphatic heterocycles. The van der Waals surface area contributed by atoms with Gasteiger partial charge in [-0.3, -0.25) is 4.79 Å². The second-order valence-corrected chi connectivity index (χ2v) is 4.60. The van der Waals surface area contributed by atoms with Crippen molar-refractivity contribution in [1.29, 1.82) is 0 Å². The maximum atomic E-state index is 13.0. The Morgan fingerprint density at radius 1 is 1.30 bits per heavy atom. The van der Waals surface area contributed by atoms with Gasteiger partial charge in [0, 0.05) is 18.3 Å². The van der Waals surface area contributed by atoms with E-state index in [0.29, 0.717) is 12.2 Å². The lowest BCUT2D eigenvalue weighted by molar-refractivity contribution is 0.0988. The molecule has 0 aromatic heterocycles. The summed E-state index contributed by atoms with van der Waals surface area (Å²) in [6.07, 6.45) is 0. The van der Waals surface area contributed by atoms with E-state index in [9.17, 15) is 14.3 Å². The number of anilines is 1. The maximum absolute atomic E-state index is 13.0. The summed E-state index contributed by atoms with van der Waals surface area (Å²) in [4.78, 5) is 13.9. The molecule has 1 N–H and O–H groups in total. The summed E-state index contributed by atoms with van der Waals surface area (Å²) in [6, 6.07) is 10.0. The highest BCUT2D eigenvalue weighted by Crippen LogP contribution is 2.24. The predicted octanol–water partition coefficient (Wildman–Crippen LogP) is 3.85. The molecule has 0 fully saturated rings. The first kappa shape index (κ1) is 14.3. The van der Waals surface area contributed by atoms with Gasteiger partial charge in [-0.1, -0.05) is 17.7 Å². The number of hydrogen-bond acceptors (Lipinski definition) is 2. The van der Waals surface area contributed by atoms with Crippen LogP contribution in [0, 0.1) is 5.82 Å². The third kappa shape index (κ3) is 2.91. The summed E-state index contributed by atoms with van der Waals surface area (Å²) in [5.74, 6) is -0.769. The lowest BCUT2D eigenvalue weighted by Gasteiger charge is -2.21. The standard InChI is InChI=1S/C15H13ClFNO2/c1-2-18(11-4-3-5-12(19)9-11)15(20)13-7-6-10(17)8-14(13)16/h3-9,19H,2H2,1H3. The van der Waals surface area contributed by atoms with Crippen molar-refractivity contribution in [1.82, 2.24) is 0 Å². The molecule has 2 aromatic carbocycles. The fraction of sp³-hybridized carbons (Fsp3) is 0.133. The molecule has 0 aliphatic carbocycles. The highest BCUT2D eigenvalue weighted by atomic mass is 35.5. The van der Waals surface area contributed by atoms with Gasteiger partial charge in [0.25, 0.3) is 5.91 Å². The Morgan fingerprint density at radius 3 is 2.65 bits per heavy atom. The van der Waals surface area contributed by atoms with E-state index in [1.165, 1.54) is 29.2 Å². The molecule has 104 valence electrons. The second-order valence-electron chi connectivity index (χ2n) is 4.19. The van der Waals surface area contributed by atoms with Gasteiger partial charge in [-0.15, -0.1) is 0 Å². The number of phenols is 1. The third-order valence-corrected chi connectivity index (χ3v) is 3.18. The van der Waals surface area contributed by atoms with Crippen LogP contribution in [0.2, 0.25) is 5.02 Å². The zero-order valence-corrected chi connectivity index (χ0v) is 11.6. The van der Waals surface area contributed by atoms with E-state index in [1.54, 1.807) is 19.1 Å². The van der Waals surface area contributed by atoms with Crippen molar-refractivity contribution in [3.05, 3.63) is 58.9 Å². The SMILES string of the molecule is CCN(C(=O)c1ccc(F)cc1Cl)c1cccc(O)c1. The van der Waals surface area contributed by atoms with E-state index in [4.69, 9.17) is 11.6 Å². The maximum Gasteiger partial charge on any atom is 0.259 e. The minimum Gasteiger partial charge on any atom is -0.508 e. The molecule has 0 spiro atoms. The van der Waals surface area contributed by atoms with E-state index in [-0.39, 0.29) is 22.2 Å².